The summed E-state index contributed by atoms with van der Waals surface area (Å²) in [5.74, 6) is 0.879. The second-order valence-electron chi connectivity index (χ2n) is 3.98. The third-order valence-electron chi connectivity index (χ3n) is 3.01. The van der Waals surface area contributed by atoms with E-state index in [0.717, 1.165) is 19.4 Å². The van der Waals surface area contributed by atoms with Crippen molar-refractivity contribution < 1.29 is 9.84 Å². The molecule has 1 saturated heterocycles. The fourth-order valence-corrected chi connectivity index (χ4v) is 1.72. The third-order valence-corrected chi connectivity index (χ3v) is 3.01. The van der Waals surface area contributed by atoms with E-state index in [1.165, 1.54) is 0 Å². The molecule has 0 aromatic carbocycles. The highest BCUT2D eigenvalue weighted by Crippen LogP contribution is 2.26. The number of hydrogen-bond acceptors (Lipinski definition) is 2. The Morgan fingerprint density at radius 2 is 2.25 bits per heavy atom. The fourth-order valence-electron chi connectivity index (χ4n) is 1.72. The fraction of sp³-hybridized carbons (Fsp3) is 1.00. The van der Waals surface area contributed by atoms with Crippen molar-refractivity contribution in [1.29, 1.82) is 0 Å². The maximum Gasteiger partial charge on any atom is 0.0862 e. The van der Waals surface area contributed by atoms with Crippen LogP contribution >= 0.6 is 0 Å². The van der Waals surface area contributed by atoms with Crippen LogP contribution in [0, 0.1) is 11.8 Å². The lowest BCUT2D eigenvalue weighted by molar-refractivity contribution is -0.0424. The summed E-state index contributed by atoms with van der Waals surface area (Å²) in [7, 11) is 0. The Morgan fingerprint density at radius 3 is 2.67 bits per heavy atom. The first-order chi connectivity index (χ1) is 5.66. The number of aliphatic hydroxyl groups is 1. The third kappa shape index (κ3) is 1.99. The van der Waals surface area contributed by atoms with Crippen molar-refractivity contribution in [3.8, 4) is 0 Å². The van der Waals surface area contributed by atoms with Crippen molar-refractivity contribution in [3.05, 3.63) is 0 Å². The van der Waals surface area contributed by atoms with Crippen LogP contribution in [0.3, 0.4) is 0 Å². The Balaban J connectivity index is 2.45. The van der Waals surface area contributed by atoms with Gasteiger partial charge in [-0.1, -0.05) is 27.2 Å². The van der Waals surface area contributed by atoms with E-state index >= 15 is 0 Å². The summed E-state index contributed by atoms with van der Waals surface area (Å²) in [5, 5.41) is 9.86. The Morgan fingerprint density at radius 1 is 1.58 bits per heavy atom. The van der Waals surface area contributed by atoms with E-state index in [1.54, 1.807) is 0 Å². The van der Waals surface area contributed by atoms with E-state index in [4.69, 9.17) is 4.74 Å². The molecule has 0 bridgehead atoms. The lowest BCUT2D eigenvalue weighted by Gasteiger charge is -2.25. The molecule has 12 heavy (non-hydrogen) atoms. The maximum atomic E-state index is 9.86. The van der Waals surface area contributed by atoms with Gasteiger partial charge in [-0.15, -0.1) is 0 Å². The predicted molar refractivity (Wildman–Crippen MR) is 49.0 cm³/mol. The van der Waals surface area contributed by atoms with Crippen LogP contribution in [0.4, 0.5) is 0 Å². The highest BCUT2D eigenvalue weighted by atomic mass is 16.5. The van der Waals surface area contributed by atoms with E-state index in [1.807, 2.05) is 0 Å². The van der Waals surface area contributed by atoms with Gasteiger partial charge >= 0.3 is 0 Å². The molecule has 2 heteroatoms. The summed E-state index contributed by atoms with van der Waals surface area (Å²) in [4.78, 5) is 0. The first-order valence-electron chi connectivity index (χ1n) is 4.96. The normalized spacial score (nSPS) is 35.0. The second kappa shape index (κ2) is 4.24. The molecule has 0 saturated carbocycles. The van der Waals surface area contributed by atoms with Crippen molar-refractivity contribution >= 4 is 0 Å². The average Bonchev–Trinajstić information content (AvgIpc) is 2.48. The van der Waals surface area contributed by atoms with Crippen molar-refractivity contribution in [3.63, 3.8) is 0 Å². The van der Waals surface area contributed by atoms with E-state index in [9.17, 15) is 5.11 Å². The molecule has 1 aliphatic rings. The van der Waals surface area contributed by atoms with Gasteiger partial charge < -0.3 is 9.84 Å². The number of ether oxygens (including phenoxy) is 1. The van der Waals surface area contributed by atoms with Crippen LogP contribution < -0.4 is 0 Å². The molecular weight excluding hydrogens is 152 g/mol. The number of rotatable bonds is 3. The largest absolute Gasteiger partial charge is 0.390 e. The van der Waals surface area contributed by atoms with Crippen molar-refractivity contribution in [1.82, 2.24) is 0 Å². The lowest BCUT2D eigenvalue weighted by atomic mass is 9.90. The minimum Gasteiger partial charge on any atom is -0.390 e. The van der Waals surface area contributed by atoms with E-state index in [-0.39, 0.29) is 12.2 Å². The minimum absolute atomic E-state index is 0.0833. The van der Waals surface area contributed by atoms with Crippen LogP contribution in [0.1, 0.15) is 33.6 Å². The number of hydrogen-bond donors (Lipinski definition) is 1. The molecule has 0 spiro atoms. The van der Waals surface area contributed by atoms with Crippen LogP contribution in [0.25, 0.3) is 0 Å². The summed E-state index contributed by atoms with van der Waals surface area (Å²) >= 11 is 0. The minimum atomic E-state index is -0.271. The molecule has 0 amide bonds. The molecule has 72 valence electrons. The summed E-state index contributed by atoms with van der Waals surface area (Å²) in [6.45, 7) is 7.16. The van der Waals surface area contributed by atoms with Gasteiger partial charge in [-0.2, -0.15) is 0 Å². The van der Waals surface area contributed by atoms with Crippen molar-refractivity contribution in [2.45, 2.75) is 45.8 Å². The van der Waals surface area contributed by atoms with Gasteiger partial charge in [-0.05, 0) is 18.3 Å². The molecule has 1 aliphatic heterocycles. The van der Waals surface area contributed by atoms with E-state index in [2.05, 4.69) is 20.8 Å². The molecule has 0 aliphatic carbocycles. The lowest BCUT2D eigenvalue weighted by Crippen LogP contribution is -2.35. The molecule has 4 atom stereocenters. The highest BCUT2D eigenvalue weighted by molar-refractivity contribution is 4.82. The first kappa shape index (κ1) is 10.0. The molecule has 4 unspecified atom stereocenters. The van der Waals surface area contributed by atoms with Crippen LogP contribution in [-0.2, 0) is 4.74 Å². The molecule has 1 N–H and O–H groups in total. The van der Waals surface area contributed by atoms with Gasteiger partial charge in [-0.3, -0.25) is 0 Å². The summed E-state index contributed by atoms with van der Waals surface area (Å²) < 4.78 is 5.50. The van der Waals surface area contributed by atoms with Crippen LogP contribution in [-0.4, -0.2) is 23.9 Å². The molecular formula is C10H20O2. The zero-order valence-electron chi connectivity index (χ0n) is 8.29. The van der Waals surface area contributed by atoms with Crippen molar-refractivity contribution in [2.24, 2.45) is 11.8 Å². The molecule has 0 aromatic rings. The standard InChI is InChI=1S/C10H20O2/c1-4-7(2)9(11)10-8(3)5-6-12-10/h7-11H,4-6H2,1-3H3. The monoisotopic (exact) mass is 172 g/mol. The second-order valence-corrected chi connectivity index (χ2v) is 3.98. The highest BCUT2D eigenvalue weighted by Gasteiger charge is 2.33. The van der Waals surface area contributed by atoms with Crippen LogP contribution in [0.5, 0.6) is 0 Å². The Hall–Kier alpha value is -0.0800. The van der Waals surface area contributed by atoms with E-state index in [0.29, 0.717) is 11.8 Å². The van der Waals surface area contributed by atoms with Gasteiger partial charge in [0.25, 0.3) is 0 Å². The molecule has 2 nitrogen and oxygen atoms in total. The van der Waals surface area contributed by atoms with Gasteiger partial charge in [0.05, 0.1) is 12.2 Å². The molecule has 0 aromatic heterocycles. The Labute approximate surface area is 74.9 Å². The zero-order valence-corrected chi connectivity index (χ0v) is 8.29. The zero-order chi connectivity index (χ0) is 9.14. The van der Waals surface area contributed by atoms with E-state index < -0.39 is 0 Å². The average molecular weight is 172 g/mol. The molecule has 1 rings (SSSR count). The smallest absolute Gasteiger partial charge is 0.0862 e. The van der Waals surface area contributed by atoms with Gasteiger partial charge in [-0.25, -0.2) is 0 Å². The van der Waals surface area contributed by atoms with Gasteiger partial charge in [0, 0.05) is 6.61 Å². The van der Waals surface area contributed by atoms with Gasteiger partial charge in [0.1, 0.15) is 0 Å². The molecule has 0 radical (unpaired) electrons. The molecule has 1 heterocycles. The first-order valence-corrected chi connectivity index (χ1v) is 4.96. The summed E-state index contributed by atoms with van der Waals surface area (Å²) in [5.41, 5.74) is 0. The van der Waals surface area contributed by atoms with Crippen molar-refractivity contribution in [2.75, 3.05) is 6.61 Å². The summed E-state index contributed by atoms with van der Waals surface area (Å²) in [6.07, 6.45) is 1.93. The number of aliphatic hydroxyl groups excluding tert-OH is 1. The quantitative estimate of drug-likeness (QED) is 0.703. The van der Waals surface area contributed by atoms with Gasteiger partial charge in [0.2, 0.25) is 0 Å². The Bertz CT molecular complexity index is 136. The Kier molecular flexibility index (Phi) is 3.53. The molecule has 1 fully saturated rings. The maximum absolute atomic E-state index is 9.86. The van der Waals surface area contributed by atoms with Gasteiger partial charge in [0.15, 0.2) is 0 Å². The SMILES string of the molecule is CCC(C)C(O)C1OCCC1C. The summed E-state index contributed by atoms with van der Waals surface area (Å²) in [6, 6.07) is 0. The van der Waals surface area contributed by atoms with Crippen LogP contribution in [0.2, 0.25) is 0 Å². The predicted octanol–water partition coefficient (Wildman–Crippen LogP) is 1.82. The topological polar surface area (TPSA) is 29.5 Å². The van der Waals surface area contributed by atoms with Crippen LogP contribution in [0.15, 0.2) is 0 Å².